The zero-order chi connectivity index (χ0) is 18.1. The van der Waals surface area contributed by atoms with Gasteiger partial charge in [-0.05, 0) is 47.4 Å². The largest absolute Gasteiger partial charge is 0.362 e. The molecule has 1 aliphatic rings. The summed E-state index contributed by atoms with van der Waals surface area (Å²) in [5.74, 6) is 0.265. The molecule has 1 aromatic heterocycles. The van der Waals surface area contributed by atoms with Gasteiger partial charge in [0.2, 0.25) is 0 Å². The quantitative estimate of drug-likeness (QED) is 0.544. The first-order valence-corrected chi connectivity index (χ1v) is 9.23. The number of benzene rings is 2. The fourth-order valence-electron chi connectivity index (χ4n) is 3.25. The number of halogens is 2. The molecule has 3 aromatic rings. The van der Waals surface area contributed by atoms with Crippen molar-refractivity contribution in [2.45, 2.75) is 46.7 Å². The predicted molar refractivity (Wildman–Crippen MR) is 105 cm³/mol. The van der Waals surface area contributed by atoms with Gasteiger partial charge in [0.1, 0.15) is 5.82 Å². The highest BCUT2D eigenvalue weighted by molar-refractivity contribution is 6.34. The van der Waals surface area contributed by atoms with E-state index in [1.54, 1.807) is 6.07 Å². The molecule has 0 radical (unpaired) electrons. The first-order chi connectivity index (χ1) is 12.0. The number of rotatable bonds is 2. The lowest BCUT2D eigenvalue weighted by molar-refractivity contribution is 0.626. The standard InChI is InChI=1S/C19H18ClFN2.C2H6/c1-11(2)17-7-13-6-16(20)19(8-18(13)22-17)23-9-12-3-4-15(21)5-14(12)10-23;1-2/h3-8,11,22H,9-10H2,1-2H3;1-2H3. The Hall–Kier alpha value is -2.00. The molecule has 0 aliphatic carbocycles. The lowest BCUT2D eigenvalue weighted by atomic mass is 10.1. The molecule has 25 heavy (non-hydrogen) atoms. The molecule has 2 heterocycles. The van der Waals surface area contributed by atoms with E-state index in [4.69, 9.17) is 11.6 Å². The van der Waals surface area contributed by atoms with Gasteiger partial charge in [-0.3, -0.25) is 0 Å². The van der Waals surface area contributed by atoms with Gasteiger partial charge in [0.05, 0.1) is 10.7 Å². The number of nitrogens with one attached hydrogen (secondary N) is 1. The van der Waals surface area contributed by atoms with Crippen LogP contribution in [0.25, 0.3) is 10.9 Å². The van der Waals surface area contributed by atoms with Crippen molar-refractivity contribution < 1.29 is 4.39 Å². The molecule has 0 saturated carbocycles. The van der Waals surface area contributed by atoms with Gasteiger partial charge in [-0.15, -0.1) is 0 Å². The van der Waals surface area contributed by atoms with Crippen LogP contribution in [-0.4, -0.2) is 4.98 Å². The summed E-state index contributed by atoms with van der Waals surface area (Å²) in [7, 11) is 0. The van der Waals surface area contributed by atoms with E-state index in [0.717, 1.165) is 39.3 Å². The van der Waals surface area contributed by atoms with Crippen molar-refractivity contribution in [2.75, 3.05) is 4.90 Å². The zero-order valence-electron chi connectivity index (χ0n) is 15.2. The lowest BCUT2D eigenvalue weighted by Crippen LogP contribution is -2.14. The van der Waals surface area contributed by atoms with Crippen LogP contribution >= 0.6 is 11.6 Å². The summed E-state index contributed by atoms with van der Waals surface area (Å²) in [6.07, 6.45) is 0. The van der Waals surface area contributed by atoms with Crippen molar-refractivity contribution >= 4 is 28.2 Å². The smallest absolute Gasteiger partial charge is 0.123 e. The second-order valence-electron chi connectivity index (χ2n) is 6.54. The number of aromatic nitrogens is 1. The van der Waals surface area contributed by atoms with Crippen LogP contribution in [0.4, 0.5) is 10.1 Å². The predicted octanol–water partition coefficient (Wildman–Crippen LogP) is 6.63. The molecule has 0 atom stereocenters. The summed E-state index contributed by atoms with van der Waals surface area (Å²) in [4.78, 5) is 5.67. The second kappa shape index (κ2) is 7.09. The van der Waals surface area contributed by atoms with E-state index in [1.807, 2.05) is 26.0 Å². The number of aromatic amines is 1. The second-order valence-corrected chi connectivity index (χ2v) is 6.95. The van der Waals surface area contributed by atoms with Gasteiger partial charge in [0.15, 0.2) is 0 Å². The van der Waals surface area contributed by atoms with Crippen molar-refractivity contribution in [3.8, 4) is 0 Å². The lowest BCUT2D eigenvalue weighted by Gasteiger charge is -2.19. The molecular formula is C21H24ClFN2. The van der Waals surface area contributed by atoms with E-state index in [2.05, 4.69) is 35.9 Å². The van der Waals surface area contributed by atoms with Crippen LogP contribution in [0.2, 0.25) is 5.02 Å². The molecule has 0 amide bonds. The van der Waals surface area contributed by atoms with Crippen LogP contribution in [0.1, 0.15) is 50.4 Å². The molecule has 0 unspecified atom stereocenters. The highest BCUT2D eigenvalue weighted by Crippen LogP contribution is 2.36. The third kappa shape index (κ3) is 3.38. The molecule has 4 rings (SSSR count). The van der Waals surface area contributed by atoms with E-state index in [1.165, 1.54) is 11.8 Å². The van der Waals surface area contributed by atoms with E-state index in [9.17, 15) is 4.39 Å². The van der Waals surface area contributed by atoms with Crippen molar-refractivity contribution in [1.29, 1.82) is 0 Å². The van der Waals surface area contributed by atoms with Crippen molar-refractivity contribution in [3.63, 3.8) is 0 Å². The average molecular weight is 359 g/mol. The molecule has 2 nitrogen and oxygen atoms in total. The topological polar surface area (TPSA) is 19.0 Å². The minimum atomic E-state index is -0.182. The maximum absolute atomic E-state index is 13.4. The molecule has 0 saturated heterocycles. The maximum Gasteiger partial charge on any atom is 0.123 e. The minimum absolute atomic E-state index is 0.182. The van der Waals surface area contributed by atoms with E-state index < -0.39 is 0 Å². The first kappa shape index (κ1) is 17.8. The van der Waals surface area contributed by atoms with E-state index >= 15 is 0 Å². The molecule has 4 heteroatoms. The fourth-order valence-corrected chi connectivity index (χ4v) is 3.54. The van der Waals surface area contributed by atoms with E-state index in [0.29, 0.717) is 12.5 Å². The number of nitrogens with zero attached hydrogens (tertiary/aromatic N) is 1. The number of anilines is 1. The van der Waals surface area contributed by atoms with Crippen LogP contribution in [0.3, 0.4) is 0 Å². The molecule has 0 fully saturated rings. The summed E-state index contributed by atoms with van der Waals surface area (Å²) in [5.41, 5.74) is 5.50. The van der Waals surface area contributed by atoms with Gasteiger partial charge in [0.25, 0.3) is 0 Å². The van der Waals surface area contributed by atoms with Gasteiger partial charge in [-0.2, -0.15) is 0 Å². The van der Waals surface area contributed by atoms with Crippen LogP contribution < -0.4 is 4.90 Å². The Balaban J connectivity index is 0.000000880. The Labute approximate surface area is 153 Å². The van der Waals surface area contributed by atoms with Crippen molar-refractivity contribution in [1.82, 2.24) is 4.98 Å². The van der Waals surface area contributed by atoms with Crippen molar-refractivity contribution in [3.05, 3.63) is 64.1 Å². The molecule has 0 spiro atoms. The molecule has 132 valence electrons. The first-order valence-electron chi connectivity index (χ1n) is 8.85. The fraction of sp³-hybridized carbons (Fsp3) is 0.333. The summed E-state index contributed by atoms with van der Waals surface area (Å²) in [6, 6.07) is 11.3. The Morgan fingerprint density at radius 2 is 1.76 bits per heavy atom. The SMILES string of the molecule is CC.CC(C)c1cc2cc(Cl)c(N3Cc4ccc(F)cc4C3)cc2[nH]1. The van der Waals surface area contributed by atoms with Gasteiger partial charge in [-0.1, -0.05) is 45.4 Å². The third-order valence-corrected chi connectivity index (χ3v) is 4.87. The Morgan fingerprint density at radius 1 is 1.04 bits per heavy atom. The van der Waals surface area contributed by atoms with Crippen LogP contribution in [0, 0.1) is 5.82 Å². The van der Waals surface area contributed by atoms with Gasteiger partial charge >= 0.3 is 0 Å². The highest BCUT2D eigenvalue weighted by Gasteiger charge is 2.22. The monoisotopic (exact) mass is 358 g/mol. The highest BCUT2D eigenvalue weighted by atomic mass is 35.5. The van der Waals surface area contributed by atoms with Crippen LogP contribution in [0.5, 0.6) is 0 Å². The zero-order valence-corrected chi connectivity index (χ0v) is 15.9. The average Bonchev–Trinajstić information content (AvgIpc) is 3.18. The van der Waals surface area contributed by atoms with Crippen LogP contribution in [0.15, 0.2) is 36.4 Å². The van der Waals surface area contributed by atoms with E-state index in [-0.39, 0.29) is 5.82 Å². The number of fused-ring (bicyclic) bond motifs is 2. The maximum atomic E-state index is 13.4. The summed E-state index contributed by atoms with van der Waals surface area (Å²) < 4.78 is 13.4. The Bertz CT molecular complexity index is 898. The summed E-state index contributed by atoms with van der Waals surface area (Å²) in [5, 5.41) is 1.87. The molecule has 2 aromatic carbocycles. The number of hydrogen-bond donors (Lipinski definition) is 1. The molecule has 0 bridgehead atoms. The number of hydrogen-bond acceptors (Lipinski definition) is 1. The Morgan fingerprint density at radius 3 is 2.48 bits per heavy atom. The van der Waals surface area contributed by atoms with Gasteiger partial charge in [-0.25, -0.2) is 4.39 Å². The minimum Gasteiger partial charge on any atom is -0.362 e. The Kier molecular flexibility index (Phi) is 5.05. The molecule has 1 N–H and O–H groups in total. The third-order valence-electron chi connectivity index (χ3n) is 4.56. The summed E-state index contributed by atoms with van der Waals surface area (Å²) >= 11 is 6.52. The molecular weight excluding hydrogens is 335 g/mol. The summed E-state index contributed by atoms with van der Waals surface area (Å²) in [6.45, 7) is 9.78. The van der Waals surface area contributed by atoms with Gasteiger partial charge in [0, 0.05) is 29.7 Å². The molecule has 1 aliphatic heterocycles. The normalized spacial score (nSPS) is 13.2. The number of H-pyrrole nitrogens is 1. The van der Waals surface area contributed by atoms with Gasteiger partial charge < -0.3 is 9.88 Å². The van der Waals surface area contributed by atoms with Crippen LogP contribution in [-0.2, 0) is 13.1 Å². The van der Waals surface area contributed by atoms with Crippen molar-refractivity contribution in [2.24, 2.45) is 0 Å².